The molecule has 2 aromatic rings. The van der Waals surface area contributed by atoms with Gasteiger partial charge in [-0.15, -0.1) is 0 Å². The number of hydrogen-bond acceptors (Lipinski definition) is 6. The Labute approximate surface area is 193 Å². The van der Waals surface area contributed by atoms with Crippen LogP contribution in [0, 0.1) is 11.8 Å². The van der Waals surface area contributed by atoms with Crippen LogP contribution < -0.4 is 10.5 Å². The summed E-state index contributed by atoms with van der Waals surface area (Å²) in [5.74, 6) is 1.78. The predicted molar refractivity (Wildman–Crippen MR) is 123 cm³/mol. The molecule has 0 spiro atoms. The molecule has 5 rings (SSSR count). The van der Waals surface area contributed by atoms with Gasteiger partial charge in [0.2, 0.25) is 0 Å². The Hall–Kier alpha value is -2.26. The molecule has 33 heavy (non-hydrogen) atoms. The third-order valence-electron chi connectivity index (χ3n) is 7.68. The summed E-state index contributed by atoms with van der Waals surface area (Å²) in [4.78, 5) is 9.19. The van der Waals surface area contributed by atoms with Crippen LogP contribution in [0.5, 0.6) is 5.75 Å². The number of anilines is 1. The number of hydrogen-bond donors (Lipinski definition) is 1. The molecule has 3 aliphatic rings. The van der Waals surface area contributed by atoms with E-state index in [-0.39, 0.29) is 17.6 Å². The van der Waals surface area contributed by atoms with Gasteiger partial charge >= 0.3 is 6.61 Å². The van der Waals surface area contributed by atoms with Crippen LogP contribution in [0.1, 0.15) is 50.8 Å². The summed E-state index contributed by atoms with van der Waals surface area (Å²) in [6.45, 7) is 6.04. The van der Waals surface area contributed by atoms with Gasteiger partial charge in [0.15, 0.2) is 11.6 Å². The molecule has 1 saturated heterocycles. The molecule has 9 heteroatoms. The van der Waals surface area contributed by atoms with E-state index in [4.69, 9.17) is 10.8 Å². The Kier molecular flexibility index (Phi) is 6.03. The molecule has 2 saturated carbocycles. The van der Waals surface area contributed by atoms with Crippen molar-refractivity contribution >= 4 is 5.82 Å². The molecule has 2 aromatic heterocycles. The topological polar surface area (TPSA) is 72.4 Å². The third-order valence-corrected chi connectivity index (χ3v) is 7.68. The monoisotopic (exact) mass is 460 g/mol. The number of alkyl halides is 2. The first-order valence-electron chi connectivity index (χ1n) is 12.0. The lowest BCUT2D eigenvalue weighted by Gasteiger charge is -2.29. The van der Waals surface area contributed by atoms with Gasteiger partial charge in [0.05, 0.1) is 5.69 Å². The van der Waals surface area contributed by atoms with Gasteiger partial charge in [0.1, 0.15) is 0 Å². The van der Waals surface area contributed by atoms with E-state index in [1.54, 1.807) is 6.20 Å². The minimum atomic E-state index is -2.95. The minimum Gasteiger partial charge on any atom is -0.431 e. The predicted octanol–water partition coefficient (Wildman–Crippen LogP) is 3.84. The summed E-state index contributed by atoms with van der Waals surface area (Å²) in [7, 11) is 2.22. The van der Waals surface area contributed by atoms with Gasteiger partial charge in [0.25, 0.3) is 0 Å². The van der Waals surface area contributed by atoms with E-state index in [2.05, 4.69) is 51.2 Å². The number of nitrogen functional groups attached to an aromatic ring is 1. The van der Waals surface area contributed by atoms with E-state index in [0.29, 0.717) is 29.4 Å². The molecule has 3 fully saturated rings. The van der Waals surface area contributed by atoms with Crippen molar-refractivity contribution in [3.63, 3.8) is 0 Å². The Balaban J connectivity index is 1.33. The fourth-order valence-corrected chi connectivity index (χ4v) is 5.98. The first kappa shape index (κ1) is 22.5. The molecule has 4 atom stereocenters. The van der Waals surface area contributed by atoms with Gasteiger partial charge in [-0.2, -0.15) is 13.9 Å². The number of halogens is 2. The summed E-state index contributed by atoms with van der Waals surface area (Å²) in [6.07, 6.45) is 5.34. The molecule has 180 valence electrons. The number of aromatic nitrogens is 3. The zero-order valence-electron chi connectivity index (χ0n) is 19.6. The first-order chi connectivity index (χ1) is 15.8. The lowest BCUT2D eigenvalue weighted by molar-refractivity contribution is -0.0494. The Bertz CT molecular complexity index is 983. The maximum absolute atomic E-state index is 12.7. The second-order valence-corrected chi connectivity index (χ2v) is 10.2. The van der Waals surface area contributed by atoms with Gasteiger partial charge in [-0.1, -0.05) is 0 Å². The number of nitrogens with zero attached hydrogens (tertiary/aromatic N) is 5. The SMILES string of the molecule is CC(C)n1nc(-c2cnc(N)c(OC(F)F)c2)cc1[C@H]1[C@@H]2C[C@H](N3CCCN(C)CC3)C[C@@H]21. The highest BCUT2D eigenvalue weighted by Gasteiger charge is 2.58. The Morgan fingerprint density at radius 2 is 1.85 bits per heavy atom. The second kappa shape index (κ2) is 8.83. The third kappa shape index (κ3) is 4.45. The second-order valence-electron chi connectivity index (χ2n) is 10.2. The van der Waals surface area contributed by atoms with Crippen molar-refractivity contribution in [2.75, 3.05) is 39.0 Å². The standard InChI is InChI=1S/C24H34F2N6O/c1-14(2)32-20(12-19(29-32)15-9-21(33-24(25)26)23(27)28-13-15)22-17-10-16(11-18(17)22)31-6-4-5-30(3)7-8-31/h9,12-14,16-18,22,24H,4-8,10-11H2,1-3H3,(H2,27,28)/t16-,17+,18-,22-. The number of fused-ring (bicyclic) bond motifs is 1. The quantitative estimate of drug-likeness (QED) is 0.706. The van der Waals surface area contributed by atoms with Crippen LogP contribution in [0.3, 0.4) is 0 Å². The summed E-state index contributed by atoms with van der Waals surface area (Å²) in [5.41, 5.74) is 8.32. The molecule has 0 aromatic carbocycles. The number of likely N-dealkylation sites (N-methyl/N-ethyl adjacent to an activating group) is 1. The molecular formula is C24H34F2N6O. The van der Waals surface area contributed by atoms with Crippen LogP contribution in [0.4, 0.5) is 14.6 Å². The molecule has 7 nitrogen and oxygen atoms in total. The fraction of sp³-hybridized carbons (Fsp3) is 0.667. The minimum absolute atomic E-state index is 0.0509. The van der Waals surface area contributed by atoms with E-state index >= 15 is 0 Å². The van der Waals surface area contributed by atoms with Gasteiger partial charge in [-0.3, -0.25) is 9.58 Å². The van der Waals surface area contributed by atoms with Crippen molar-refractivity contribution in [2.45, 2.75) is 57.7 Å². The number of nitrogens with two attached hydrogens (primary N) is 1. The van der Waals surface area contributed by atoms with Crippen molar-refractivity contribution in [1.29, 1.82) is 0 Å². The highest BCUT2D eigenvalue weighted by atomic mass is 19.3. The van der Waals surface area contributed by atoms with Crippen molar-refractivity contribution in [3.05, 3.63) is 24.0 Å². The lowest BCUT2D eigenvalue weighted by atomic mass is 10.0. The molecule has 0 radical (unpaired) electrons. The van der Waals surface area contributed by atoms with Gasteiger partial charge in [0, 0.05) is 48.5 Å². The normalized spacial score (nSPS) is 28.3. The molecule has 1 aliphatic heterocycles. The van der Waals surface area contributed by atoms with Crippen molar-refractivity contribution in [1.82, 2.24) is 24.6 Å². The number of pyridine rings is 1. The molecule has 2 aliphatic carbocycles. The van der Waals surface area contributed by atoms with Crippen molar-refractivity contribution < 1.29 is 13.5 Å². The molecule has 0 bridgehead atoms. The van der Waals surface area contributed by atoms with Crippen LogP contribution in [-0.4, -0.2) is 70.4 Å². The van der Waals surface area contributed by atoms with Gasteiger partial charge in [-0.05, 0) is 77.2 Å². The summed E-state index contributed by atoms with van der Waals surface area (Å²) in [6, 6.07) is 4.53. The fourth-order valence-electron chi connectivity index (χ4n) is 5.98. The molecular weight excluding hydrogens is 426 g/mol. The van der Waals surface area contributed by atoms with Crippen LogP contribution >= 0.6 is 0 Å². The van der Waals surface area contributed by atoms with Gasteiger partial charge in [-0.25, -0.2) is 4.98 Å². The van der Waals surface area contributed by atoms with Crippen molar-refractivity contribution in [3.8, 4) is 17.0 Å². The van der Waals surface area contributed by atoms with Crippen LogP contribution in [0.2, 0.25) is 0 Å². The van der Waals surface area contributed by atoms with Gasteiger partial charge < -0.3 is 15.4 Å². The Morgan fingerprint density at radius 3 is 2.55 bits per heavy atom. The highest BCUT2D eigenvalue weighted by molar-refractivity contribution is 5.64. The smallest absolute Gasteiger partial charge is 0.387 e. The lowest BCUT2D eigenvalue weighted by Crippen LogP contribution is -2.37. The van der Waals surface area contributed by atoms with E-state index in [9.17, 15) is 8.78 Å². The molecule has 3 heterocycles. The summed E-state index contributed by atoms with van der Waals surface area (Å²) >= 11 is 0. The van der Waals surface area contributed by atoms with E-state index in [1.807, 2.05) is 0 Å². The number of rotatable bonds is 6. The van der Waals surface area contributed by atoms with Crippen LogP contribution in [0.25, 0.3) is 11.3 Å². The van der Waals surface area contributed by atoms with E-state index in [1.165, 1.54) is 50.7 Å². The zero-order chi connectivity index (χ0) is 23.3. The zero-order valence-corrected chi connectivity index (χ0v) is 19.6. The van der Waals surface area contributed by atoms with Crippen molar-refractivity contribution in [2.24, 2.45) is 11.8 Å². The average molecular weight is 461 g/mol. The first-order valence-corrected chi connectivity index (χ1v) is 12.0. The van der Waals surface area contributed by atoms with Crippen LogP contribution in [0.15, 0.2) is 18.3 Å². The molecule has 0 unspecified atom stereocenters. The van der Waals surface area contributed by atoms with E-state index < -0.39 is 6.61 Å². The Morgan fingerprint density at radius 1 is 1.09 bits per heavy atom. The maximum atomic E-state index is 12.7. The molecule has 2 N–H and O–H groups in total. The van der Waals surface area contributed by atoms with Crippen LogP contribution in [-0.2, 0) is 0 Å². The summed E-state index contributed by atoms with van der Waals surface area (Å²) in [5, 5.41) is 4.82. The molecule has 0 amide bonds. The highest BCUT2D eigenvalue weighted by Crippen LogP contribution is 2.64. The summed E-state index contributed by atoms with van der Waals surface area (Å²) < 4.78 is 32.1. The van der Waals surface area contributed by atoms with E-state index in [0.717, 1.165) is 12.2 Å². The average Bonchev–Trinajstić information content (AvgIpc) is 3.10. The largest absolute Gasteiger partial charge is 0.431 e. The maximum Gasteiger partial charge on any atom is 0.387 e. The number of ether oxygens (including phenoxy) is 1.